The Morgan fingerprint density at radius 3 is 2.60 bits per heavy atom. The van der Waals surface area contributed by atoms with Gasteiger partial charge in [0.1, 0.15) is 0 Å². The molecule has 1 atom stereocenters. The van der Waals surface area contributed by atoms with Gasteiger partial charge in [-0.05, 0) is 18.8 Å². The second kappa shape index (κ2) is 4.84. The molecule has 2 amide bonds. The SMILES string of the molecule is C[C@@H]1CCCN(C(=O)N2CCOCC2)C1. The van der Waals surface area contributed by atoms with Crippen LogP contribution in [0.2, 0.25) is 0 Å². The lowest BCUT2D eigenvalue weighted by atomic mass is 10.0. The number of hydrogen-bond acceptors (Lipinski definition) is 2. The zero-order valence-corrected chi connectivity index (χ0v) is 9.45. The Balaban J connectivity index is 1.88. The van der Waals surface area contributed by atoms with Gasteiger partial charge in [-0.25, -0.2) is 4.79 Å². The highest BCUT2D eigenvalue weighted by Gasteiger charge is 2.26. The first-order valence-corrected chi connectivity index (χ1v) is 5.89. The van der Waals surface area contributed by atoms with Gasteiger partial charge in [-0.15, -0.1) is 0 Å². The van der Waals surface area contributed by atoms with Crippen LogP contribution in [0.25, 0.3) is 0 Å². The van der Waals surface area contributed by atoms with Crippen molar-refractivity contribution in [2.75, 3.05) is 39.4 Å². The molecule has 2 heterocycles. The van der Waals surface area contributed by atoms with Crippen LogP contribution >= 0.6 is 0 Å². The van der Waals surface area contributed by atoms with Gasteiger partial charge in [0.15, 0.2) is 0 Å². The molecule has 0 radical (unpaired) electrons. The number of rotatable bonds is 0. The molecule has 0 spiro atoms. The van der Waals surface area contributed by atoms with E-state index in [2.05, 4.69) is 6.92 Å². The van der Waals surface area contributed by atoms with Gasteiger partial charge >= 0.3 is 6.03 Å². The minimum Gasteiger partial charge on any atom is -0.378 e. The van der Waals surface area contributed by atoms with Crippen molar-refractivity contribution in [1.82, 2.24) is 9.80 Å². The molecule has 0 aromatic rings. The fourth-order valence-corrected chi connectivity index (χ4v) is 2.32. The molecule has 0 unspecified atom stereocenters. The molecule has 0 bridgehead atoms. The molecule has 2 aliphatic heterocycles. The Hall–Kier alpha value is -0.770. The molecule has 0 saturated carbocycles. The van der Waals surface area contributed by atoms with E-state index < -0.39 is 0 Å². The average molecular weight is 212 g/mol. The van der Waals surface area contributed by atoms with Crippen molar-refractivity contribution in [3.63, 3.8) is 0 Å². The molecule has 2 fully saturated rings. The standard InChI is InChI=1S/C11H20N2O2/c1-10-3-2-4-13(9-10)11(14)12-5-7-15-8-6-12/h10H,2-9H2,1H3/t10-/m1/s1. The molecule has 0 aliphatic carbocycles. The van der Waals surface area contributed by atoms with Crippen LogP contribution < -0.4 is 0 Å². The Bertz CT molecular complexity index is 227. The Morgan fingerprint density at radius 1 is 1.20 bits per heavy atom. The highest BCUT2D eigenvalue weighted by atomic mass is 16.5. The molecule has 2 saturated heterocycles. The van der Waals surface area contributed by atoms with E-state index in [9.17, 15) is 4.79 Å². The van der Waals surface area contributed by atoms with E-state index in [1.807, 2.05) is 9.80 Å². The van der Waals surface area contributed by atoms with Crippen molar-refractivity contribution < 1.29 is 9.53 Å². The van der Waals surface area contributed by atoms with E-state index in [0.717, 1.165) is 32.6 Å². The highest BCUT2D eigenvalue weighted by Crippen LogP contribution is 2.17. The fourth-order valence-electron chi connectivity index (χ4n) is 2.32. The third-order valence-electron chi connectivity index (χ3n) is 3.21. The quantitative estimate of drug-likeness (QED) is 0.604. The van der Waals surface area contributed by atoms with Crippen molar-refractivity contribution >= 4 is 6.03 Å². The largest absolute Gasteiger partial charge is 0.378 e. The van der Waals surface area contributed by atoms with Gasteiger partial charge in [0, 0.05) is 26.2 Å². The van der Waals surface area contributed by atoms with Gasteiger partial charge in [-0.1, -0.05) is 6.92 Å². The van der Waals surface area contributed by atoms with Gasteiger partial charge in [0.2, 0.25) is 0 Å². The summed E-state index contributed by atoms with van der Waals surface area (Å²) in [5.41, 5.74) is 0. The van der Waals surface area contributed by atoms with E-state index in [-0.39, 0.29) is 6.03 Å². The number of piperidine rings is 1. The number of urea groups is 1. The lowest BCUT2D eigenvalue weighted by molar-refractivity contribution is 0.0396. The minimum atomic E-state index is 0.213. The van der Waals surface area contributed by atoms with Crippen molar-refractivity contribution in [2.24, 2.45) is 5.92 Å². The molecule has 86 valence electrons. The summed E-state index contributed by atoms with van der Waals surface area (Å²) in [6.45, 7) is 6.97. The number of amides is 2. The Kier molecular flexibility index (Phi) is 3.46. The first kappa shape index (κ1) is 10.7. The number of nitrogens with zero attached hydrogens (tertiary/aromatic N) is 2. The van der Waals surface area contributed by atoms with Crippen LogP contribution in [-0.4, -0.2) is 55.2 Å². The van der Waals surface area contributed by atoms with Gasteiger partial charge in [0.05, 0.1) is 13.2 Å². The second-order valence-electron chi connectivity index (χ2n) is 4.58. The predicted octanol–water partition coefficient (Wildman–Crippen LogP) is 1.17. The summed E-state index contributed by atoms with van der Waals surface area (Å²) < 4.78 is 5.25. The number of hydrogen-bond donors (Lipinski definition) is 0. The summed E-state index contributed by atoms with van der Waals surface area (Å²) in [5.74, 6) is 0.656. The summed E-state index contributed by atoms with van der Waals surface area (Å²) in [7, 11) is 0. The van der Waals surface area contributed by atoms with Crippen molar-refractivity contribution in [3.8, 4) is 0 Å². The summed E-state index contributed by atoms with van der Waals surface area (Å²) in [6, 6.07) is 0.213. The molecule has 0 N–H and O–H groups in total. The van der Waals surface area contributed by atoms with Gasteiger partial charge in [-0.2, -0.15) is 0 Å². The fraction of sp³-hybridized carbons (Fsp3) is 0.909. The van der Waals surface area contributed by atoms with Crippen LogP contribution in [0.1, 0.15) is 19.8 Å². The Labute approximate surface area is 91.2 Å². The molecular weight excluding hydrogens is 192 g/mol. The number of ether oxygens (including phenoxy) is 1. The van der Waals surface area contributed by atoms with E-state index in [1.165, 1.54) is 6.42 Å². The first-order valence-electron chi connectivity index (χ1n) is 5.89. The van der Waals surface area contributed by atoms with Crippen LogP contribution in [0, 0.1) is 5.92 Å². The average Bonchev–Trinajstić information content (AvgIpc) is 2.29. The number of morpholine rings is 1. The lowest BCUT2D eigenvalue weighted by Crippen LogP contribution is -2.50. The second-order valence-corrected chi connectivity index (χ2v) is 4.58. The van der Waals surface area contributed by atoms with Crippen molar-refractivity contribution in [3.05, 3.63) is 0 Å². The maximum Gasteiger partial charge on any atom is 0.320 e. The van der Waals surface area contributed by atoms with E-state index >= 15 is 0 Å². The molecule has 4 nitrogen and oxygen atoms in total. The van der Waals surface area contributed by atoms with E-state index in [4.69, 9.17) is 4.74 Å². The third-order valence-corrected chi connectivity index (χ3v) is 3.21. The molecule has 0 aromatic heterocycles. The summed E-state index contributed by atoms with van der Waals surface area (Å²) in [6.07, 6.45) is 2.41. The maximum absolute atomic E-state index is 12.1. The van der Waals surface area contributed by atoms with E-state index in [1.54, 1.807) is 0 Å². The predicted molar refractivity (Wildman–Crippen MR) is 57.8 cm³/mol. The molecule has 2 rings (SSSR count). The third kappa shape index (κ3) is 2.62. The first-order chi connectivity index (χ1) is 7.27. The van der Waals surface area contributed by atoms with Crippen molar-refractivity contribution in [1.29, 1.82) is 0 Å². The molecule has 4 heteroatoms. The van der Waals surface area contributed by atoms with Crippen LogP contribution in [0.3, 0.4) is 0 Å². The van der Waals surface area contributed by atoms with Crippen LogP contribution in [0.4, 0.5) is 4.79 Å². The molecule has 0 aromatic carbocycles. The van der Waals surface area contributed by atoms with Gasteiger partial charge < -0.3 is 14.5 Å². The number of carbonyl (C=O) groups excluding carboxylic acids is 1. The molecule has 15 heavy (non-hydrogen) atoms. The van der Waals surface area contributed by atoms with Gasteiger partial charge in [-0.3, -0.25) is 0 Å². The van der Waals surface area contributed by atoms with Gasteiger partial charge in [0.25, 0.3) is 0 Å². The van der Waals surface area contributed by atoms with E-state index in [0.29, 0.717) is 19.1 Å². The zero-order valence-electron chi connectivity index (χ0n) is 9.45. The summed E-state index contributed by atoms with van der Waals surface area (Å²) in [4.78, 5) is 16.0. The maximum atomic E-state index is 12.1. The monoisotopic (exact) mass is 212 g/mol. The normalized spacial score (nSPS) is 27.9. The van der Waals surface area contributed by atoms with Crippen molar-refractivity contribution in [2.45, 2.75) is 19.8 Å². The lowest BCUT2D eigenvalue weighted by Gasteiger charge is -2.36. The minimum absolute atomic E-state index is 0.213. The van der Waals surface area contributed by atoms with Crippen LogP contribution in [-0.2, 0) is 4.74 Å². The number of likely N-dealkylation sites (tertiary alicyclic amines) is 1. The van der Waals surface area contributed by atoms with Crippen LogP contribution in [0.5, 0.6) is 0 Å². The number of carbonyl (C=O) groups is 1. The molecule has 2 aliphatic rings. The smallest absolute Gasteiger partial charge is 0.320 e. The Morgan fingerprint density at radius 2 is 1.93 bits per heavy atom. The van der Waals surface area contributed by atoms with Crippen LogP contribution in [0.15, 0.2) is 0 Å². The topological polar surface area (TPSA) is 32.8 Å². The molecular formula is C11H20N2O2. The summed E-state index contributed by atoms with van der Waals surface area (Å²) in [5, 5.41) is 0. The summed E-state index contributed by atoms with van der Waals surface area (Å²) >= 11 is 0. The highest BCUT2D eigenvalue weighted by molar-refractivity contribution is 5.74. The zero-order chi connectivity index (χ0) is 10.7.